The molecule has 0 bridgehead atoms. The van der Waals surface area contributed by atoms with Crippen LogP contribution < -0.4 is 5.32 Å². The van der Waals surface area contributed by atoms with Crippen molar-refractivity contribution in [3.63, 3.8) is 0 Å². The van der Waals surface area contributed by atoms with E-state index in [0.717, 1.165) is 13.1 Å². The Bertz CT molecular complexity index is 167. The molecule has 1 aliphatic heterocycles. The first-order chi connectivity index (χ1) is 6.41. The van der Waals surface area contributed by atoms with Gasteiger partial charge in [-0.25, -0.2) is 0 Å². The van der Waals surface area contributed by atoms with Crippen LogP contribution in [0.1, 0.15) is 20.8 Å². The van der Waals surface area contributed by atoms with Gasteiger partial charge in [-0.15, -0.1) is 0 Å². The van der Waals surface area contributed by atoms with Crippen molar-refractivity contribution in [3.05, 3.63) is 0 Å². The highest BCUT2D eigenvalue weighted by Gasteiger charge is 2.30. The number of rotatable bonds is 2. The summed E-state index contributed by atoms with van der Waals surface area (Å²) in [4.78, 5) is 4.83. The average Bonchev–Trinajstić information content (AvgIpc) is 2.07. The van der Waals surface area contributed by atoms with Crippen LogP contribution in [-0.2, 0) is 0 Å². The van der Waals surface area contributed by atoms with Gasteiger partial charge in [-0.1, -0.05) is 13.8 Å². The molecule has 0 aromatic carbocycles. The highest BCUT2D eigenvalue weighted by atomic mass is 15.3. The minimum atomic E-state index is 0.230. The van der Waals surface area contributed by atoms with Gasteiger partial charge in [-0.3, -0.25) is 0 Å². The van der Waals surface area contributed by atoms with E-state index >= 15 is 0 Å². The van der Waals surface area contributed by atoms with E-state index in [4.69, 9.17) is 0 Å². The van der Waals surface area contributed by atoms with Crippen molar-refractivity contribution >= 4 is 0 Å². The average molecular weight is 199 g/mol. The molecule has 0 aromatic rings. The van der Waals surface area contributed by atoms with Crippen molar-refractivity contribution in [1.82, 2.24) is 15.1 Å². The standard InChI is InChI=1S/C11H25N3/c1-10(2)12-11(3)8-13(4)6-7-14(5)9-11/h10,12H,6-9H2,1-5H3. The monoisotopic (exact) mass is 199 g/mol. The lowest BCUT2D eigenvalue weighted by Gasteiger charge is -2.35. The van der Waals surface area contributed by atoms with Gasteiger partial charge in [0.05, 0.1) is 0 Å². The molecular weight excluding hydrogens is 174 g/mol. The number of nitrogens with zero attached hydrogens (tertiary/aromatic N) is 2. The van der Waals surface area contributed by atoms with Crippen LogP contribution >= 0.6 is 0 Å². The number of likely N-dealkylation sites (N-methyl/N-ethyl adjacent to an activating group) is 2. The van der Waals surface area contributed by atoms with Crippen molar-refractivity contribution in [2.45, 2.75) is 32.4 Å². The van der Waals surface area contributed by atoms with Crippen LogP contribution in [0.15, 0.2) is 0 Å². The Balaban J connectivity index is 2.63. The zero-order valence-electron chi connectivity index (χ0n) is 10.3. The fourth-order valence-corrected chi connectivity index (χ4v) is 2.53. The quantitative estimate of drug-likeness (QED) is 0.703. The van der Waals surface area contributed by atoms with Crippen molar-refractivity contribution in [1.29, 1.82) is 0 Å². The molecule has 1 aliphatic rings. The van der Waals surface area contributed by atoms with Crippen LogP contribution in [0.3, 0.4) is 0 Å². The summed E-state index contributed by atoms with van der Waals surface area (Å²) in [6.07, 6.45) is 0. The fourth-order valence-electron chi connectivity index (χ4n) is 2.53. The molecule has 0 unspecified atom stereocenters. The van der Waals surface area contributed by atoms with Gasteiger partial charge in [0.15, 0.2) is 0 Å². The van der Waals surface area contributed by atoms with E-state index in [1.807, 2.05) is 0 Å². The van der Waals surface area contributed by atoms with Gasteiger partial charge in [0.1, 0.15) is 0 Å². The molecular formula is C11H25N3. The Kier molecular flexibility index (Phi) is 3.93. The molecule has 0 saturated carbocycles. The van der Waals surface area contributed by atoms with Crippen molar-refractivity contribution in [3.8, 4) is 0 Å². The molecule has 3 heteroatoms. The predicted octanol–water partition coefficient (Wildman–Crippen LogP) is 0.620. The van der Waals surface area contributed by atoms with Gasteiger partial charge < -0.3 is 15.1 Å². The Morgan fingerprint density at radius 1 is 1.07 bits per heavy atom. The van der Waals surface area contributed by atoms with Gasteiger partial charge in [0.2, 0.25) is 0 Å². The van der Waals surface area contributed by atoms with E-state index < -0.39 is 0 Å². The van der Waals surface area contributed by atoms with Gasteiger partial charge in [0.25, 0.3) is 0 Å². The number of nitrogens with one attached hydrogen (secondary N) is 1. The summed E-state index contributed by atoms with van der Waals surface area (Å²) in [5.41, 5.74) is 0.230. The second kappa shape index (κ2) is 4.60. The van der Waals surface area contributed by atoms with Crippen molar-refractivity contribution < 1.29 is 0 Å². The maximum atomic E-state index is 3.68. The molecule has 0 aromatic heterocycles. The SMILES string of the molecule is CC(C)NC1(C)CN(C)CCN(C)C1. The maximum absolute atomic E-state index is 3.68. The first kappa shape index (κ1) is 12.0. The first-order valence-electron chi connectivity index (χ1n) is 5.56. The third kappa shape index (κ3) is 3.56. The minimum absolute atomic E-state index is 0.230. The van der Waals surface area contributed by atoms with E-state index in [0.29, 0.717) is 6.04 Å². The van der Waals surface area contributed by atoms with Gasteiger partial charge >= 0.3 is 0 Å². The van der Waals surface area contributed by atoms with Gasteiger partial charge in [-0.2, -0.15) is 0 Å². The number of hydrogen-bond donors (Lipinski definition) is 1. The Labute approximate surface area is 88.5 Å². The molecule has 14 heavy (non-hydrogen) atoms. The summed E-state index contributed by atoms with van der Waals surface area (Å²) in [7, 11) is 4.42. The van der Waals surface area contributed by atoms with Crippen LogP contribution in [0.5, 0.6) is 0 Å². The lowest BCUT2D eigenvalue weighted by molar-refractivity contribution is 0.214. The predicted molar refractivity (Wildman–Crippen MR) is 61.7 cm³/mol. The molecule has 1 rings (SSSR count). The largest absolute Gasteiger partial charge is 0.307 e. The van der Waals surface area contributed by atoms with Gasteiger partial charge in [0, 0.05) is 37.8 Å². The maximum Gasteiger partial charge on any atom is 0.0410 e. The van der Waals surface area contributed by atoms with Crippen molar-refractivity contribution in [2.75, 3.05) is 40.3 Å². The lowest BCUT2D eigenvalue weighted by atomic mass is 10.0. The van der Waals surface area contributed by atoms with Crippen LogP contribution in [0, 0.1) is 0 Å². The molecule has 1 fully saturated rings. The van der Waals surface area contributed by atoms with Gasteiger partial charge in [-0.05, 0) is 21.0 Å². The molecule has 1 N–H and O–H groups in total. The van der Waals surface area contributed by atoms with Crippen LogP contribution in [0.25, 0.3) is 0 Å². The fraction of sp³-hybridized carbons (Fsp3) is 1.00. The molecule has 0 radical (unpaired) electrons. The summed E-state index contributed by atoms with van der Waals surface area (Å²) in [5.74, 6) is 0. The summed E-state index contributed by atoms with van der Waals surface area (Å²) < 4.78 is 0. The van der Waals surface area contributed by atoms with E-state index in [1.54, 1.807) is 0 Å². The molecule has 84 valence electrons. The normalized spacial score (nSPS) is 25.3. The van der Waals surface area contributed by atoms with Crippen LogP contribution in [-0.4, -0.2) is 61.7 Å². The second-order valence-corrected chi connectivity index (χ2v) is 5.34. The van der Waals surface area contributed by atoms with E-state index in [-0.39, 0.29) is 5.54 Å². The molecule has 3 nitrogen and oxygen atoms in total. The summed E-state index contributed by atoms with van der Waals surface area (Å²) in [5, 5.41) is 3.68. The summed E-state index contributed by atoms with van der Waals surface area (Å²) in [6.45, 7) is 11.4. The van der Waals surface area contributed by atoms with E-state index in [2.05, 4.69) is 50.0 Å². The Hall–Kier alpha value is -0.120. The number of hydrogen-bond acceptors (Lipinski definition) is 3. The molecule has 0 amide bonds. The molecule has 1 saturated heterocycles. The Morgan fingerprint density at radius 3 is 1.86 bits per heavy atom. The first-order valence-corrected chi connectivity index (χ1v) is 5.56. The van der Waals surface area contributed by atoms with Crippen LogP contribution in [0.4, 0.5) is 0 Å². The minimum Gasteiger partial charge on any atom is -0.307 e. The van der Waals surface area contributed by atoms with Crippen LogP contribution in [0.2, 0.25) is 0 Å². The molecule has 1 heterocycles. The summed E-state index contributed by atoms with van der Waals surface area (Å²) >= 11 is 0. The molecule has 0 aliphatic carbocycles. The smallest absolute Gasteiger partial charge is 0.0410 e. The topological polar surface area (TPSA) is 18.5 Å². The van der Waals surface area contributed by atoms with E-state index in [9.17, 15) is 0 Å². The highest BCUT2D eigenvalue weighted by molar-refractivity contribution is 4.92. The third-order valence-electron chi connectivity index (χ3n) is 2.74. The van der Waals surface area contributed by atoms with Crippen molar-refractivity contribution in [2.24, 2.45) is 0 Å². The Morgan fingerprint density at radius 2 is 1.50 bits per heavy atom. The lowest BCUT2D eigenvalue weighted by Crippen LogP contribution is -2.56. The summed E-state index contributed by atoms with van der Waals surface area (Å²) in [6, 6.07) is 0.555. The second-order valence-electron chi connectivity index (χ2n) is 5.34. The highest BCUT2D eigenvalue weighted by Crippen LogP contribution is 2.12. The molecule has 0 atom stereocenters. The zero-order chi connectivity index (χ0) is 10.8. The third-order valence-corrected chi connectivity index (χ3v) is 2.74. The van der Waals surface area contributed by atoms with E-state index in [1.165, 1.54) is 13.1 Å². The molecule has 0 spiro atoms. The zero-order valence-corrected chi connectivity index (χ0v) is 10.3.